The number of carbonyl (C=O) groups excluding carboxylic acids is 1. The first-order chi connectivity index (χ1) is 16.6. The molecular weight excluding hydrogens is 559 g/mol. The first-order valence-electron chi connectivity index (χ1n) is 12.6. The van der Waals surface area contributed by atoms with E-state index in [0.29, 0.717) is 36.3 Å². The summed E-state index contributed by atoms with van der Waals surface area (Å²) >= 11 is 2.23. The van der Waals surface area contributed by atoms with Crippen molar-refractivity contribution in [1.29, 1.82) is 0 Å². The first kappa shape index (κ1) is 26.9. The third-order valence-electron chi connectivity index (χ3n) is 8.78. The molecule has 1 aromatic rings. The lowest BCUT2D eigenvalue weighted by Gasteiger charge is -2.62. The highest BCUT2D eigenvalue weighted by molar-refractivity contribution is 14.1. The minimum atomic E-state index is -0.823. The molecule has 1 saturated heterocycles. The van der Waals surface area contributed by atoms with Gasteiger partial charge in [-0.05, 0) is 71.6 Å². The predicted molar refractivity (Wildman–Crippen MR) is 142 cm³/mol. The highest BCUT2D eigenvalue weighted by Crippen LogP contribution is 2.61. The summed E-state index contributed by atoms with van der Waals surface area (Å²) in [5.74, 6) is 1.64. The fourth-order valence-electron chi connectivity index (χ4n) is 6.63. The quantitative estimate of drug-likeness (QED) is 0.298. The van der Waals surface area contributed by atoms with Gasteiger partial charge in [0.2, 0.25) is 5.91 Å². The highest BCUT2D eigenvalue weighted by atomic mass is 127. The van der Waals surface area contributed by atoms with Crippen LogP contribution < -0.4 is 10.1 Å². The number of amides is 1. The molecule has 3 saturated carbocycles. The Morgan fingerprint density at radius 3 is 2.77 bits per heavy atom. The number of hydrogen-bond donors (Lipinski definition) is 3. The fraction of sp³-hybridized carbons (Fsp3) is 0.667. The maximum atomic E-state index is 13.8. The molecule has 1 aliphatic heterocycles. The second-order valence-electron chi connectivity index (χ2n) is 11.1. The average molecular weight is 599 g/mol. The van der Waals surface area contributed by atoms with Crippen molar-refractivity contribution >= 4 is 28.5 Å². The summed E-state index contributed by atoms with van der Waals surface area (Å²) in [7, 11) is 0. The second-order valence-corrected chi connectivity index (χ2v) is 12.2. The normalized spacial score (nSPS) is 34.7. The molecule has 0 radical (unpaired) electrons. The zero-order chi connectivity index (χ0) is 25.5. The molecule has 7 nitrogen and oxygen atoms in total. The summed E-state index contributed by atoms with van der Waals surface area (Å²) < 4.78 is 6.86. The van der Waals surface area contributed by atoms with Crippen molar-refractivity contribution < 1.29 is 24.6 Å². The summed E-state index contributed by atoms with van der Waals surface area (Å²) in [4.78, 5) is 19.9. The number of fused-ring (bicyclic) bond motifs is 2. The molecule has 3 N–H and O–H groups in total. The zero-order valence-corrected chi connectivity index (χ0v) is 23.3. The molecule has 8 heteroatoms. The predicted octanol–water partition coefficient (Wildman–Crippen LogP) is 3.52. The van der Waals surface area contributed by atoms with E-state index in [4.69, 9.17) is 9.57 Å². The van der Waals surface area contributed by atoms with Gasteiger partial charge < -0.3 is 20.3 Å². The van der Waals surface area contributed by atoms with Crippen LogP contribution in [0.2, 0.25) is 0 Å². The van der Waals surface area contributed by atoms with Crippen molar-refractivity contribution in [3.8, 4) is 5.75 Å². The molecule has 194 valence electrons. The van der Waals surface area contributed by atoms with Crippen LogP contribution in [0, 0.1) is 32.7 Å². The van der Waals surface area contributed by atoms with Gasteiger partial charge in [0.05, 0.1) is 22.8 Å². The van der Waals surface area contributed by atoms with E-state index in [0.717, 1.165) is 21.3 Å². The van der Waals surface area contributed by atoms with E-state index in [1.807, 2.05) is 18.2 Å². The molecule has 5 rings (SSSR count). The van der Waals surface area contributed by atoms with Gasteiger partial charge in [0.25, 0.3) is 0 Å². The van der Waals surface area contributed by atoms with Crippen LogP contribution in [0.4, 0.5) is 0 Å². The van der Waals surface area contributed by atoms with Gasteiger partial charge in [-0.15, -0.1) is 0 Å². The summed E-state index contributed by atoms with van der Waals surface area (Å²) in [6.07, 6.45) is 2.42. The zero-order valence-electron chi connectivity index (χ0n) is 21.1. The van der Waals surface area contributed by atoms with E-state index >= 15 is 0 Å². The van der Waals surface area contributed by atoms with E-state index in [-0.39, 0.29) is 18.6 Å². The number of para-hydroxylation sites is 1. The van der Waals surface area contributed by atoms with Gasteiger partial charge in [0.1, 0.15) is 24.5 Å². The Kier molecular flexibility index (Phi) is 8.17. The monoisotopic (exact) mass is 598 g/mol. The van der Waals surface area contributed by atoms with Crippen LogP contribution in [0.25, 0.3) is 0 Å². The van der Waals surface area contributed by atoms with E-state index in [2.05, 4.69) is 55.3 Å². The van der Waals surface area contributed by atoms with E-state index in [1.165, 1.54) is 6.42 Å². The summed E-state index contributed by atoms with van der Waals surface area (Å²) in [6.45, 7) is 12.7. The SMILES string of the molecule is C=CCOc1c(I)cccc1CN1O[C@@H](CO)[C@@H]([C@H](C)O)[C@H]1C(=O)N[C@H]1C[C@@H]2C[C@H]([C@@H]1C)C2(C)C. The van der Waals surface area contributed by atoms with Crippen molar-refractivity contribution in [2.24, 2.45) is 29.1 Å². The topological polar surface area (TPSA) is 91.3 Å². The standard InChI is InChI=1S/C27H39IN2O5/c1-6-10-34-25-17(8-7-9-20(25)28)13-30-24(23(16(3)32)22(14-31)35-30)26(33)29-21-12-18-11-19(15(21)2)27(18,4)5/h6-9,15-16,18-19,21-24,31-32H,1,10-14H2,2-5H3,(H,29,33)/t15-,16-,18-,19+,21-,22-,23+,24-/m0/s1. The Labute approximate surface area is 222 Å². The van der Waals surface area contributed by atoms with Crippen LogP contribution in [-0.4, -0.2) is 58.7 Å². The van der Waals surface area contributed by atoms with Gasteiger partial charge in [-0.25, -0.2) is 0 Å². The molecule has 4 fully saturated rings. The molecule has 1 heterocycles. The fourth-order valence-corrected chi connectivity index (χ4v) is 7.34. The summed E-state index contributed by atoms with van der Waals surface area (Å²) in [5.41, 5.74) is 1.20. The van der Waals surface area contributed by atoms with Gasteiger partial charge in [0.15, 0.2) is 0 Å². The number of nitrogens with zero attached hydrogens (tertiary/aromatic N) is 1. The highest BCUT2D eigenvalue weighted by Gasteiger charge is 2.57. The average Bonchev–Trinajstić information content (AvgIpc) is 3.18. The van der Waals surface area contributed by atoms with Crippen molar-refractivity contribution in [1.82, 2.24) is 10.4 Å². The van der Waals surface area contributed by atoms with Crippen LogP contribution in [-0.2, 0) is 16.2 Å². The Bertz CT molecular complexity index is 938. The van der Waals surface area contributed by atoms with Crippen LogP contribution in [0.5, 0.6) is 5.75 Å². The molecule has 4 aliphatic rings. The van der Waals surface area contributed by atoms with Gasteiger partial charge in [-0.1, -0.05) is 45.6 Å². The third-order valence-corrected chi connectivity index (χ3v) is 9.63. The van der Waals surface area contributed by atoms with Gasteiger partial charge in [-0.3, -0.25) is 9.63 Å². The molecule has 0 unspecified atom stereocenters. The maximum Gasteiger partial charge on any atom is 0.240 e. The lowest BCUT2D eigenvalue weighted by Crippen LogP contribution is -2.62. The van der Waals surface area contributed by atoms with Crippen molar-refractivity contribution in [2.75, 3.05) is 13.2 Å². The lowest BCUT2D eigenvalue weighted by atomic mass is 9.45. The number of aliphatic hydroxyl groups is 2. The number of halogens is 1. The van der Waals surface area contributed by atoms with E-state index in [9.17, 15) is 15.0 Å². The van der Waals surface area contributed by atoms with Crippen molar-refractivity contribution in [2.45, 2.75) is 71.4 Å². The van der Waals surface area contributed by atoms with Crippen LogP contribution in [0.15, 0.2) is 30.9 Å². The Balaban J connectivity index is 1.57. The van der Waals surface area contributed by atoms with Crippen molar-refractivity contribution in [3.05, 3.63) is 40.0 Å². The van der Waals surface area contributed by atoms with Gasteiger partial charge in [0, 0.05) is 17.5 Å². The van der Waals surface area contributed by atoms with Gasteiger partial charge >= 0.3 is 0 Å². The lowest BCUT2D eigenvalue weighted by molar-refractivity contribution is -0.183. The molecule has 3 aliphatic carbocycles. The number of hydrogen-bond acceptors (Lipinski definition) is 6. The van der Waals surface area contributed by atoms with Crippen molar-refractivity contribution in [3.63, 3.8) is 0 Å². The molecule has 0 spiro atoms. The smallest absolute Gasteiger partial charge is 0.240 e. The Hall–Kier alpha value is -1.20. The number of hydroxylamine groups is 2. The molecule has 1 aromatic carbocycles. The number of ether oxygens (including phenoxy) is 1. The minimum absolute atomic E-state index is 0.105. The molecule has 2 bridgehead atoms. The van der Waals surface area contributed by atoms with E-state index < -0.39 is 24.2 Å². The second kappa shape index (κ2) is 10.7. The molecular formula is C27H39IN2O5. The third kappa shape index (κ3) is 5.01. The molecule has 35 heavy (non-hydrogen) atoms. The number of aliphatic hydroxyl groups excluding tert-OH is 2. The number of nitrogens with one attached hydrogen (secondary N) is 1. The van der Waals surface area contributed by atoms with Crippen LogP contribution in [0.1, 0.15) is 46.1 Å². The number of rotatable bonds is 9. The number of benzene rings is 1. The first-order valence-corrected chi connectivity index (χ1v) is 13.7. The van der Waals surface area contributed by atoms with Crippen LogP contribution >= 0.6 is 22.6 Å². The number of carbonyl (C=O) groups is 1. The Morgan fingerprint density at radius 1 is 1.43 bits per heavy atom. The molecule has 1 amide bonds. The minimum Gasteiger partial charge on any atom is -0.488 e. The molecule has 0 aromatic heterocycles. The van der Waals surface area contributed by atoms with E-state index in [1.54, 1.807) is 18.1 Å². The summed E-state index contributed by atoms with van der Waals surface area (Å²) in [5, 5.41) is 25.6. The largest absolute Gasteiger partial charge is 0.488 e. The molecule has 8 atom stereocenters. The Morgan fingerprint density at radius 2 is 2.17 bits per heavy atom. The van der Waals surface area contributed by atoms with Crippen LogP contribution in [0.3, 0.4) is 0 Å². The van der Waals surface area contributed by atoms with Gasteiger partial charge in [-0.2, -0.15) is 5.06 Å². The maximum absolute atomic E-state index is 13.8. The summed E-state index contributed by atoms with van der Waals surface area (Å²) in [6, 6.07) is 5.23.